The minimum Gasteiger partial charge on any atom is -0.486 e. The molecule has 0 bridgehead atoms. The lowest BCUT2D eigenvalue weighted by Gasteiger charge is -2.33. The van der Waals surface area contributed by atoms with Crippen LogP contribution in [0.5, 0.6) is 5.75 Å². The Labute approximate surface area is 172 Å². The average Bonchev–Trinajstić information content (AvgIpc) is 3.13. The number of hydrogen-bond donors (Lipinski definition) is 1. The number of aliphatic hydroxyl groups is 1. The lowest BCUT2D eigenvalue weighted by molar-refractivity contribution is -0.0414. The van der Waals surface area contributed by atoms with Gasteiger partial charge in [-0.3, -0.25) is 0 Å². The summed E-state index contributed by atoms with van der Waals surface area (Å²) in [4.78, 5) is 16.2. The Morgan fingerprint density at radius 2 is 2.32 bits per heavy atom. The van der Waals surface area contributed by atoms with Gasteiger partial charge in [-0.05, 0) is 12.5 Å². The Hall–Kier alpha value is -1.65. The van der Waals surface area contributed by atoms with E-state index < -0.39 is 0 Å². The molecule has 2 aliphatic heterocycles. The molecule has 28 heavy (non-hydrogen) atoms. The molecule has 2 aliphatic rings. The van der Waals surface area contributed by atoms with E-state index in [-0.39, 0.29) is 11.8 Å². The molecule has 0 aliphatic carbocycles. The number of nitrogens with zero attached hydrogens (tertiary/aromatic N) is 4. The maximum absolute atomic E-state index is 9.35. The number of ether oxygens (including phenoxy) is 3. The number of anilines is 1. The molecule has 1 fully saturated rings. The second-order valence-electron chi connectivity index (χ2n) is 6.66. The Bertz CT molecular complexity index is 843. The first-order chi connectivity index (χ1) is 13.7. The lowest BCUT2D eigenvalue weighted by atomic mass is 10.1. The van der Waals surface area contributed by atoms with Crippen LogP contribution >= 0.6 is 23.4 Å². The van der Waals surface area contributed by atoms with Gasteiger partial charge in [-0.15, -0.1) is 0 Å². The summed E-state index contributed by atoms with van der Waals surface area (Å²) in [5, 5.41) is 10.2. The number of aromatic nitrogens is 3. The van der Waals surface area contributed by atoms with Gasteiger partial charge >= 0.3 is 0 Å². The van der Waals surface area contributed by atoms with Gasteiger partial charge in [0.1, 0.15) is 24.1 Å². The highest BCUT2D eigenvalue weighted by atomic mass is 35.5. The first kappa shape index (κ1) is 19.7. The van der Waals surface area contributed by atoms with Gasteiger partial charge in [0.25, 0.3) is 0 Å². The van der Waals surface area contributed by atoms with Crippen molar-refractivity contribution in [2.75, 3.05) is 38.6 Å². The molecule has 4 heterocycles. The average molecular weight is 425 g/mol. The number of methoxy groups -OCH3 is 1. The maximum Gasteiger partial charge on any atom is 0.175 e. The molecule has 10 heteroatoms. The molecule has 2 aromatic rings. The minimum atomic E-state index is -0.257. The van der Waals surface area contributed by atoms with E-state index in [0.717, 1.165) is 29.4 Å². The molecule has 1 N–H and O–H groups in total. The van der Waals surface area contributed by atoms with Crippen molar-refractivity contribution in [3.63, 3.8) is 0 Å². The summed E-state index contributed by atoms with van der Waals surface area (Å²) >= 11 is 7.35. The summed E-state index contributed by atoms with van der Waals surface area (Å²) in [5.74, 6) is 2.02. The fourth-order valence-corrected chi connectivity index (χ4v) is 4.54. The number of halogens is 1. The predicted molar refractivity (Wildman–Crippen MR) is 104 cm³/mol. The fourth-order valence-electron chi connectivity index (χ4n) is 3.53. The Kier molecular flexibility index (Phi) is 6.17. The largest absolute Gasteiger partial charge is 0.486 e. The van der Waals surface area contributed by atoms with Crippen LogP contribution in [0.4, 0.5) is 5.82 Å². The zero-order valence-electron chi connectivity index (χ0n) is 15.4. The topological polar surface area (TPSA) is 89.8 Å². The van der Waals surface area contributed by atoms with E-state index in [9.17, 15) is 5.11 Å². The van der Waals surface area contributed by atoms with Crippen molar-refractivity contribution in [2.45, 2.75) is 29.0 Å². The number of hydrogen-bond acceptors (Lipinski definition) is 9. The molecule has 150 valence electrons. The quantitative estimate of drug-likeness (QED) is 0.531. The van der Waals surface area contributed by atoms with Gasteiger partial charge in [0.15, 0.2) is 16.7 Å². The normalized spacial score (nSPS) is 20.6. The van der Waals surface area contributed by atoms with Gasteiger partial charge in [-0.1, -0.05) is 23.4 Å². The second kappa shape index (κ2) is 8.79. The van der Waals surface area contributed by atoms with E-state index in [4.69, 9.17) is 25.8 Å². The summed E-state index contributed by atoms with van der Waals surface area (Å²) in [6, 6.07) is 2.20. The predicted octanol–water partition coefficient (Wildman–Crippen LogP) is 2.38. The Morgan fingerprint density at radius 3 is 3.14 bits per heavy atom. The minimum absolute atomic E-state index is 0.210. The Balaban J connectivity index is 1.53. The highest BCUT2D eigenvalue weighted by Crippen LogP contribution is 2.44. The van der Waals surface area contributed by atoms with Crippen molar-refractivity contribution in [3.05, 3.63) is 29.3 Å². The number of pyridine rings is 1. The van der Waals surface area contributed by atoms with Crippen LogP contribution in [0.15, 0.2) is 28.4 Å². The first-order valence-electron chi connectivity index (χ1n) is 8.94. The maximum atomic E-state index is 9.35. The van der Waals surface area contributed by atoms with Crippen molar-refractivity contribution in [2.24, 2.45) is 5.92 Å². The molecule has 1 saturated heterocycles. The van der Waals surface area contributed by atoms with Gasteiger partial charge in [-0.25, -0.2) is 15.0 Å². The molecule has 4 rings (SSSR count). The molecule has 8 nitrogen and oxygen atoms in total. The fraction of sp³-hybridized carbons (Fsp3) is 0.500. The summed E-state index contributed by atoms with van der Waals surface area (Å²) < 4.78 is 16.6. The number of fused-ring (bicyclic) bond motifs is 3. The molecule has 0 spiro atoms. The van der Waals surface area contributed by atoms with Crippen LogP contribution in [0.1, 0.15) is 12.1 Å². The molecule has 0 amide bonds. The van der Waals surface area contributed by atoms with E-state index in [1.54, 1.807) is 19.5 Å². The first-order valence-corrected chi connectivity index (χ1v) is 10.1. The number of rotatable bonds is 7. The van der Waals surface area contributed by atoms with Crippen LogP contribution in [0, 0.1) is 5.92 Å². The molecule has 0 radical (unpaired) electrons. The monoisotopic (exact) mass is 424 g/mol. The van der Waals surface area contributed by atoms with E-state index in [2.05, 4.69) is 19.9 Å². The molecule has 0 aromatic carbocycles. The van der Waals surface area contributed by atoms with Crippen molar-refractivity contribution in [1.82, 2.24) is 15.0 Å². The van der Waals surface area contributed by atoms with Crippen molar-refractivity contribution >= 4 is 29.2 Å². The van der Waals surface area contributed by atoms with Crippen molar-refractivity contribution in [1.29, 1.82) is 0 Å². The summed E-state index contributed by atoms with van der Waals surface area (Å²) in [6.45, 7) is 2.20. The Morgan fingerprint density at radius 1 is 1.43 bits per heavy atom. The van der Waals surface area contributed by atoms with Gasteiger partial charge in [0.05, 0.1) is 30.3 Å². The summed E-state index contributed by atoms with van der Waals surface area (Å²) in [5.41, 5.74) is 0.356. The zero-order chi connectivity index (χ0) is 19.5. The third-order valence-corrected chi connectivity index (χ3v) is 6.00. The van der Waals surface area contributed by atoms with Crippen molar-refractivity contribution in [3.8, 4) is 5.75 Å². The van der Waals surface area contributed by atoms with Gasteiger partial charge in [0.2, 0.25) is 0 Å². The van der Waals surface area contributed by atoms with E-state index in [1.165, 1.54) is 11.8 Å². The van der Waals surface area contributed by atoms with Crippen LogP contribution in [0.25, 0.3) is 0 Å². The van der Waals surface area contributed by atoms with Crippen LogP contribution in [-0.2, 0) is 16.1 Å². The molecule has 0 saturated carbocycles. The standard InChI is InChI=1S/C18H21ClN4O4S/c1-25-10-26-8-11-4-12-9-27-16-14(2-3-20-18(16)23(12)6-11)28-15-5-21-17(19)13(7-24)22-15/h2-3,5,11-12,24H,4,6-10H2,1H3/t11-,12-/m0/s1. The summed E-state index contributed by atoms with van der Waals surface area (Å²) in [7, 11) is 1.62. The van der Waals surface area contributed by atoms with E-state index in [0.29, 0.717) is 42.7 Å². The SMILES string of the molecule is COCOC[C@H]1C[C@H]2COc3c(Sc4cnc(Cl)c(CO)n4)ccnc3N2C1. The van der Waals surface area contributed by atoms with Gasteiger partial charge in [-0.2, -0.15) is 0 Å². The molecule has 2 aromatic heterocycles. The second-order valence-corrected chi connectivity index (χ2v) is 8.08. The van der Waals surface area contributed by atoms with Gasteiger partial charge < -0.3 is 24.2 Å². The lowest BCUT2D eigenvalue weighted by Crippen LogP contribution is -2.39. The molecular formula is C18H21ClN4O4S. The van der Waals surface area contributed by atoms with Crippen LogP contribution in [-0.4, -0.2) is 59.8 Å². The smallest absolute Gasteiger partial charge is 0.175 e. The highest BCUT2D eigenvalue weighted by Gasteiger charge is 2.38. The molecule has 0 unspecified atom stereocenters. The summed E-state index contributed by atoms with van der Waals surface area (Å²) in [6.07, 6.45) is 4.37. The third-order valence-electron chi connectivity index (χ3n) is 4.73. The van der Waals surface area contributed by atoms with Crippen molar-refractivity contribution < 1.29 is 19.3 Å². The van der Waals surface area contributed by atoms with Crippen LogP contribution in [0.3, 0.4) is 0 Å². The van der Waals surface area contributed by atoms with Crippen LogP contribution < -0.4 is 9.64 Å². The zero-order valence-corrected chi connectivity index (χ0v) is 16.9. The number of aliphatic hydroxyl groups excluding tert-OH is 1. The molecular weight excluding hydrogens is 404 g/mol. The third kappa shape index (κ3) is 4.04. The highest BCUT2D eigenvalue weighted by molar-refractivity contribution is 7.99. The molecule has 2 atom stereocenters. The van der Waals surface area contributed by atoms with E-state index >= 15 is 0 Å². The van der Waals surface area contributed by atoms with E-state index in [1.807, 2.05) is 6.07 Å². The van der Waals surface area contributed by atoms with Crippen LogP contribution in [0.2, 0.25) is 5.15 Å². The van der Waals surface area contributed by atoms with Gasteiger partial charge in [0, 0.05) is 25.8 Å².